The number of aliphatic hydroxyl groups is 1. The maximum Gasteiger partial charge on any atom is 0.573 e. The topological polar surface area (TPSA) is 47.9 Å². The Bertz CT molecular complexity index is 1010. The van der Waals surface area contributed by atoms with E-state index in [2.05, 4.69) is 4.74 Å². The Morgan fingerprint density at radius 1 is 0.893 bits per heavy atom. The van der Waals surface area contributed by atoms with Crippen molar-refractivity contribution in [2.24, 2.45) is 0 Å². The number of hydrogen-bond acceptors (Lipinski definition) is 4. The van der Waals surface area contributed by atoms with Gasteiger partial charge < -0.3 is 19.3 Å². The van der Waals surface area contributed by atoms with Crippen molar-refractivity contribution in [3.05, 3.63) is 77.9 Å². The fraction of sp³-hybridized carbons (Fsp3) is 0.143. The molecule has 3 aromatic rings. The van der Waals surface area contributed by atoms with Crippen molar-refractivity contribution >= 4 is 0 Å². The van der Waals surface area contributed by atoms with Gasteiger partial charge in [0, 0.05) is 22.8 Å². The monoisotopic (exact) mass is 388 g/mol. The van der Waals surface area contributed by atoms with Gasteiger partial charge >= 0.3 is 6.36 Å². The maximum atomic E-state index is 12.6. The first-order valence-electron chi connectivity index (χ1n) is 8.36. The van der Waals surface area contributed by atoms with Crippen LogP contribution in [-0.4, -0.2) is 18.6 Å². The molecule has 0 bridgehead atoms. The SMILES string of the molecule is COc1ccc(C2(O)Oc3cc(OC(F)(F)F)ccc3-c3ccccc32)cc1. The molecule has 0 aliphatic carbocycles. The number of alkyl halides is 3. The molecule has 3 aromatic carbocycles. The summed E-state index contributed by atoms with van der Waals surface area (Å²) in [4.78, 5) is 0. The molecule has 7 heteroatoms. The molecule has 0 aromatic heterocycles. The maximum absolute atomic E-state index is 12.6. The Morgan fingerprint density at radius 3 is 2.25 bits per heavy atom. The Hall–Kier alpha value is -3.19. The van der Waals surface area contributed by atoms with Gasteiger partial charge in [0.05, 0.1) is 7.11 Å². The van der Waals surface area contributed by atoms with Gasteiger partial charge in [-0.15, -0.1) is 13.2 Å². The lowest BCUT2D eigenvalue weighted by molar-refractivity contribution is -0.274. The van der Waals surface area contributed by atoms with Crippen molar-refractivity contribution in [1.29, 1.82) is 0 Å². The van der Waals surface area contributed by atoms with Gasteiger partial charge in [0.25, 0.3) is 5.79 Å². The largest absolute Gasteiger partial charge is 0.573 e. The molecule has 0 saturated carbocycles. The van der Waals surface area contributed by atoms with E-state index in [1.807, 2.05) is 0 Å². The molecule has 0 saturated heterocycles. The van der Waals surface area contributed by atoms with Crippen LogP contribution < -0.4 is 14.2 Å². The summed E-state index contributed by atoms with van der Waals surface area (Å²) < 4.78 is 52.7. The number of benzene rings is 3. The minimum Gasteiger partial charge on any atom is -0.497 e. The summed E-state index contributed by atoms with van der Waals surface area (Å²) >= 11 is 0. The molecule has 0 radical (unpaired) electrons. The van der Waals surface area contributed by atoms with Crippen LogP contribution >= 0.6 is 0 Å². The second-order valence-corrected chi connectivity index (χ2v) is 6.23. The van der Waals surface area contributed by atoms with Crippen LogP contribution in [0, 0.1) is 0 Å². The molecular formula is C21H15F3O4. The smallest absolute Gasteiger partial charge is 0.497 e. The molecular weight excluding hydrogens is 373 g/mol. The summed E-state index contributed by atoms with van der Waals surface area (Å²) in [5.41, 5.74) is 2.11. The molecule has 1 N–H and O–H groups in total. The van der Waals surface area contributed by atoms with Crippen LogP contribution in [0.2, 0.25) is 0 Å². The number of hydrogen-bond donors (Lipinski definition) is 1. The molecule has 1 heterocycles. The summed E-state index contributed by atoms with van der Waals surface area (Å²) in [5, 5.41) is 11.4. The van der Waals surface area contributed by atoms with Crippen molar-refractivity contribution in [2.75, 3.05) is 7.11 Å². The summed E-state index contributed by atoms with van der Waals surface area (Å²) in [6, 6.07) is 17.4. The zero-order valence-electron chi connectivity index (χ0n) is 14.7. The van der Waals surface area contributed by atoms with Gasteiger partial charge in [-0.3, -0.25) is 0 Å². The average molecular weight is 388 g/mol. The van der Waals surface area contributed by atoms with E-state index in [1.165, 1.54) is 19.2 Å². The molecule has 1 aliphatic rings. The lowest BCUT2D eigenvalue weighted by Gasteiger charge is -2.36. The first kappa shape index (κ1) is 18.2. The molecule has 1 unspecified atom stereocenters. The van der Waals surface area contributed by atoms with Crippen molar-refractivity contribution in [3.63, 3.8) is 0 Å². The van der Waals surface area contributed by atoms with Crippen LogP contribution in [0.25, 0.3) is 11.1 Å². The molecule has 144 valence electrons. The lowest BCUT2D eigenvalue weighted by Crippen LogP contribution is -2.37. The van der Waals surface area contributed by atoms with Gasteiger partial charge in [0.15, 0.2) is 0 Å². The fourth-order valence-corrected chi connectivity index (χ4v) is 3.27. The van der Waals surface area contributed by atoms with E-state index in [0.717, 1.165) is 6.07 Å². The Kier molecular flexibility index (Phi) is 4.19. The predicted molar refractivity (Wildman–Crippen MR) is 95.2 cm³/mol. The van der Waals surface area contributed by atoms with Crippen molar-refractivity contribution in [2.45, 2.75) is 12.1 Å². The first-order chi connectivity index (χ1) is 13.3. The quantitative estimate of drug-likeness (QED) is 0.697. The van der Waals surface area contributed by atoms with E-state index in [4.69, 9.17) is 9.47 Å². The van der Waals surface area contributed by atoms with Crippen molar-refractivity contribution in [1.82, 2.24) is 0 Å². The molecule has 1 aliphatic heterocycles. The number of methoxy groups -OCH3 is 1. The molecule has 28 heavy (non-hydrogen) atoms. The van der Waals surface area contributed by atoms with E-state index in [0.29, 0.717) is 28.0 Å². The Morgan fingerprint density at radius 2 is 1.57 bits per heavy atom. The van der Waals surface area contributed by atoms with E-state index >= 15 is 0 Å². The second-order valence-electron chi connectivity index (χ2n) is 6.23. The highest BCUT2D eigenvalue weighted by Gasteiger charge is 2.41. The molecule has 4 rings (SSSR count). The van der Waals surface area contributed by atoms with Crippen molar-refractivity contribution in [3.8, 4) is 28.4 Å². The van der Waals surface area contributed by atoms with Gasteiger partial charge in [-0.1, -0.05) is 24.3 Å². The average Bonchev–Trinajstić information content (AvgIpc) is 2.67. The zero-order chi connectivity index (χ0) is 19.9. The molecule has 0 fully saturated rings. The number of rotatable bonds is 3. The highest BCUT2D eigenvalue weighted by Crippen LogP contribution is 2.48. The van der Waals surface area contributed by atoms with Crippen LogP contribution in [0.15, 0.2) is 66.7 Å². The molecule has 0 spiro atoms. The van der Waals surface area contributed by atoms with Gasteiger partial charge in [-0.05, 0) is 42.0 Å². The minimum absolute atomic E-state index is 0.0822. The predicted octanol–water partition coefficient (Wildman–Crippen LogP) is 4.85. The van der Waals surface area contributed by atoms with Crippen LogP contribution in [0.1, 0.15) is 11.1 Å². The van der Waals surface area contributed by atoms with E-state index in [9.17, 15) is 18.3 Å². The van der Waals surface area contributed by atoms with Crippen LogP contribution in [0.4, 0.5) is 13.2 Å². The summed E-state index contributed by atoms with van der Waals surface area (Å²) in [7, 11) is 1.52. The summed E-state index contributed by atoms with van der Waals surface area (Å²) in [6.45, 7) is 0. The van der Waals surface area contributed by atoms with Gasteiger partial charge in [-0.25, -0.2) is 0 Å². The van der Waals surface area contributed by atoms with Crippen LogP contribution in [0.3, 0.4) is 0 Å². The standard InChI is InChI=1S/C21H15F3O4/c1-26-14-8-6-13(7-9-14)20(25)18-5-3-2-4-16(18)17-11-10-15(12-19(17)28-20)27-21(22,23)24/h2-12,25H,1H3. The number of fused-ring (bicyclic) bond motifs is 3. The third-order valence-corrected chi connectivity index (χ3v) is 4.51. The van der Waals surface area contributed by atoms with Crippen molar-refractivity contribution < 1.29 is 32.5 Å². The number of ether oxygens (including phenoxy) is 3. The Balaban J connectivity index is 1.84. The third-order valence-electron chi connectivity index (χ3n) is 4.51. The highest BCUT2D eigenvalue weighted by atomic mass is 19.4. The summed E-state index contributed by atoms with van der Waals surface area (Å²) in [6.07, 6.45) is -4.83. The zero-order valence-corrected chi connectivity index (χ0v) is 14.7. The fourth-order valence-electron chi connectivity index (χ4n) is 3.27. The third kappa shape index (κ3) is 3.14. The lowest BCUT2D eigenvalue weighted by atomic mass is 9.87. The summed E-state index contributed by atoms with van der Waals surface area (Å²) in [5.74, 6) is -1.63. The molecule has 0 amide bonds. The van der Waals surface area contributed by atoms with E-state index < -0.39 is 17.9 Å². The minimum atomic E-state index is -4.83. The van der Waals surface area contributed by atoms with Crippen LogP contribution in [0.5, 0.6) is 17.2 Å². The van der Waals surface area contributed by atoms with E-state index in [-0.39, 0.29) is 5.75 Å². The first-order valence-corrected chi connectivity index (χ1v) is 8.36. The van der Waals surface area contributed by atoms with Gasteiger partial charge in [-0.2, -0.15) is 0 Å². The van der Waals surface area contributed by atoms with E-state index in [1.54, 1.807) is 48.5 Å². The molecule has 4 nitrogen and oxygen atoms in total. The number of halogens is 3. The highest BCUT2D eigenvalue weighted by molar-refractivity contribution is 5.78. The van der Waals surface area contributed by atoms with Crippen LogP contribution in [-0.2, 0) is 5.79 Å². The normalized spacial score (nSPS) is 17.9. The van der Waals surface area contributed by atoms with Gasteiger partial charge in [0.2, 0.25) is 0 Å². The Labute approximate surface area is 158 Å². The van der Waals surface area contributed by atoms with Gasteiger partial charge in [0.1, 0.15) is 17.2 Å². The second kappa shape index (κ2) is 6.45. The molecule has 1 atom stereocenters.